The summed E-state index contributed by atoms with van der Waals surface area (Å²) in [4.78, 5) is 34.0. The maximum Gasteiger partial charge on any atom is 0.416 e. The second-order valence-corrected chi connectivity index (χ2v) is 13.7. The molecule has 0 spiro atoms. The van der Waals surface area contributed by atoms with E-state index in [0.29, 0.717) is 5.69 Å². The molecule has 0 bridgehead atoms. The summed E-state index contributed by atoms with van der Waals surface area (Å²) in [5.74, 6) is -1.22. The summed E-state index contributed by atoms with van der Waals surface area (Å²) in [6, 6.07) is 15.0. The Balaban J connectivity index is 1.67. The van der Waals surface area contributed by atoms with Crippen LogP contribution in [-0.4, -0.2) is 47.7 Å². The minimum Gasteiger partial charge on any atom is -0.480 e. The molecule has 0 aliphatic heterocycles. The van der Waals surface area contributed by atoms with Crippen LogP contribution in [0.2, 0.25) is 0 Å². The number of aliphatic carboxylic acids is 1. The molecule has 4 rings (SSSR count). The Morgan fingerprint density at radius 2 is 1.74 bits per heavy atom. The first-order valence-electron chi connectivity index (χ1n) is 14.5. The monoisotopic (exact) mass is 608 g/mol. The van der Waals surface area contributed by atoms with Gasteiger partial charge in [-0.1, -0.05) is 50.1 Å². The number of amides is 1. The fraction of sp³-hybridized carbons (Fsp3) is 0.438. The van der Waals surface area contributed by atoms with Crippen molar-refractivity contribution in [2.45, 2.75) is 88.2 Å². The zero-order valence-electron chi connectivity index (χ0n) is 25.1. The summed E-state index contributed by atoms with van der Waals surface area (Å²) in [5, 5.41) is 9.50. The lowest BCUT2D eigenvalue weighted by Gasteiger charge is -2.26. The van der Waals surface area contributed by atoms with Crippen LogP contribution < -0.4 is 9.62 Å². The van der Waals surface area contributed by atoms with E-state index in [1.807, 2.05) is 12.1 Å². The van der Waals surface area contributed by atoms with Gasteiger partial charge in [0.15, 0.2) is 0 Å². The van der Waals surface area contributed by atoms with Gasteiger partial charge in [0.1, 0.15) is 18.0 Å². The minimum absolute atomic E-state index is 0.0317. The van der Waals surface area contributed by atoms with Crippen molar-refractivity contribution in [1.29, 1.82) is 0 Å². The van der Waals surface area contributed by atoms with Crippen LogP contribution in [0.1, 0.15) is 82.7 Å². The number of pyridine rings is 2. The Bertz CT molecular complexity index is 1520. The van der Waals surface area contributed by atoms with Crippen LogP contribution in [0.3, 0.4) is 0 Å². The van der Waals surface area contributed by atoms with Crippen LogP contribution in [0.15, 0.2) is 71.9 Å². The molecule has 1 fully saturated rings. The smallest absolute Gasteiger partial charge is 0.416 e. The van der Waals surface area contributed by atoms with E-state index in [-0.39, 0.29) is 22.5 Å². The molecule has 0 radical (unpaired) electrons. The molecule has 11 heteroatoms. The van der Waals surface area contributed by atoms with E-state index < -0.39 is 40.3 Å². The summed E-state index contributed by atoms with van der Waals surface area (Å²) in [7, 11) is -3.98. The fourth-order valence-corrected chi connectivity index (χ4v) is 6.23. The number of unbranched alkanes of at least 4 members (excludes halogenated alkanes) is 1. The molecule has 2 heterocycles. The summed E-state index contributed by atoms with van der Waals surface area (Å²) in [6.07, 6.45) is 8.07. The van der Waals surface area contributed by atoms with E-state index in [2.05, 4.69) is 33.7 Å². The number of nitrogens with one attached hydrogen (secondary N) is 1. The number of anilines is 1. The largest absolute Gasteiger partial charge is 0.480 e. The van der Waals surface area contributed by atoms with Crippen LogP contribution >= 0.6 is 0 Å². The molecule has 1 aliphatic rings. The third kappa shape index (κ3) is 8.61. The van der Waals surface area contributed by atoms with Crippen LogP contribution in [0, 0.1) is 0 Å². The summed E-state index contributed by atoms with van der Waals surface area (Å²) >= 11 is 0. The van der Waals surface area contributed by atoms with Gasteiger partial charge >= 0.3 is 12.1 Å². The van der Waals surface area contributed by atoms with Gasteiger partial charge in [0.05, 0.1) is 16.6 Å². The van der Waals surface area contributed by atoms with Gasteiger partial charge in [0.2, 0.25) is 10.0 Å². The first-order valence-corrected chi connectivity index (χ1v) is 16.0. The van der Waals surface area contributed by atoms with Crippen molar-refractivity contribution < 1.29 is 27.9 Å². The summed E-state index contributed by atoms with van der Waals surface area (Å²) in [6.45, 7) is 6.55. The topological polar surface area (TPSA) is 139 Å². The lowest BCUT2D eigenvalue weighted by molar-refractivity contribution is -0.135. The van der Waals surface area contributed by atoms with Crippen LogP contribution in [0.25, 0.3) is 0 Å². The molecule has 1 atom stereocenters. The van der Waals surface area contributed by atoms with Gasteiger partial charge < -0.3 is 9.84 Å². The average molecular weight is 609 g/mol. The highest BCUT2D eigenvalue weighted by Crippen LogP contribution is 2.52. The maximum absolute atomic E-state index is 13.4. The van der Waals surface area contributed by atoms with Crippen LogP contribution in [-0.2, 0) is 31.4 Å². The molecule has 43 heavy (non-hydrogen) atoms. The van der Waals surface area contributed by atoms with Crippen molar-refractivity contribution in [2.24, 2.45) is 0 Å². The van der Waals surface area contributed by atoms with E-state index in [1.54, 1.807) is 32.9 Å². The molecule has 10 nitrogen and oxygen atoms in total. The van der Waals surface area contributed by atoms with Gasteiger partial charge in [-0.25, -0.2) is 22.9 Å². The average Bonchev–Trinajstić information content (AvgIpc) is 3.75. The fourth-order valence-electron chi connectivity index (χ4n) is 5.03. The summed E-state index contributed by atoms with van der Waals surface area (Å²) < 4.78 is 35.0. The Labute approximate surface area is 253 Å². The molecule has 1 saturated carbocycles. The standard InChI is InChI=1S/C32H40N4O6S/c1-5-6-16-32(17-18-32)24-12-10-23(11-13-24)21-27(35-43(40,41)25-14-19-33-20-15-25)26-8-7-9-28(34-26)36(22-29(37)38)30(39)42-31(2,3)4/h7-15,19-20,27,35H,5-6,16-18,21-22H2,1-4H3,(H,37,38). The predicted octanol–water partition coefficient (Wildman–Crippen LogP) is 5.79. The van der Waals surface area contributed by atoms with Gasteiger partial charge in [-0.3, -0.25) is 14.7 Å². The van der Waals surface area contributed by atoms with Crippen molar-refractivity contribution in [2.75, 3.05) is 11.4 Å². The SMILES string of the molecule is CCCCC1(c2ccc(CC(NS(=O)(=O)c3ccncc3)c3cccc(N(CC(=O)O)C(=O)OC(C)(C)C)n3)cc2)CC1. The molecule has 1 aliphatic carbocycles. The number of carbonyl (C=O) groups is 2. The van der Waals surface area contributed by atoms with Gasteiger partial charge in [0.25, 0.3) is 0 Å². The first-order chi connectivity index (χ1) is 20.3. The van der Waals surface area contributed by atoms with Gasteiger partial charge in [-0.2, -0.15) is 0 Å². The molecular formula is C32H40N4O6S. The number of hydrogen-bond acceptors (Lipinski definition) is 7. The molecule has 1 aromatic carbocycles. The number of nitrogens with zero attached hydrogens (tertiary/aromatic N) is 3. The highest BCUT2D eigenvalue weighted by Gasteiger charge is 2.43. The Kier molecular flexibility index (Phi) is 9.86. The zero-order chi connectivity index (χ0) is 31.3. The third-order valence-corrected chi connectivity index (χ3v) is 8.91. The van der Waals surface area contributed by atoms with Gasteiger partial charge in [-0.15, -0.1) is 0 Å². The van der Waals surface area contributed by atoms with Crippen molar-refractivity contribution in [3.8, 4) is 0 Å². The third-order valence-electron chi connectivity index (χ3n) is 7.42. The molecule has 1 amide bonds. The number of hydrogen-bond donors (Lipinski definition) is 2. The molecule has 1 unspecified atom stereocenters. The quantitative estimate of drug-likeness (QED) is 0.249. The zero-order valence-corrected chi connectivity index (χ0v) is 25.9. The highest BCUT2D eigenvalue weighted by atomic mass is 32.2. The molecular weight excluding hydrogens is 568 g/mol. The highest BCUT2D eigenvalue weighted by molar-refractivity contribution is 7.89. The normalized spacial score (nSPS) is 15.0. The van der Waals surface area contributed by atoms with E-state index in [1.165, 1.54) is 61.8 Å². The lowest BCUT2D eigenvalue weighted by atomic mass is 9.89. The Morgan fingerprint density at radius 1 is 1.07 bits per heavy atom. The lowest BCUT2D eigenvalue weighted by Crippen LogP contribution is -2.40. The van der Waals surface area contributed by atoms with Gasteiger partial charge in [0, 0.05) is 12.4 Å². The van der Waals surface area contributed by atoms with Crippen molar-refractivity contribution >= 4 is 27.9 Å². The van der Waals surface area contributed by atoms with E-state index in [0.717, 1.165) is 16.9 Å². The van der Waals surface area contributed by atoms with Crippen molar-refractivity contribution in [1.82, 2.24) is 14.7 Å². The number of sulfonamides is 1. The number of carboxylic acids is 1. The molecule has 2 aromatic heterocycles. The van der Waals surface area contributed by atoms with E-state index in [4.69, 9.17) is 4.74 Å². The minimum atomic E-state index is -3.98. The Morgan fingerprint density at radius 3 is 2.33 bits per heavy atom. The van der Waals surface area contributed by atoms with Crippen LogP contribution in [0.4, 0.5) is 10.6 Å². The number of carbonyl (C=O) groups excluding carboxylic acids is 1. The Hall–Kier alpha value is -3.83. The number of carboxylic acid groups (broad SMARTS) is 1. The summed E-state index contributed by atoms with van der Waals surface area (Å²) in [5.41, 5.74) is 1.91. The second-order valence-electron chi connectivity index (χ2n) is 12.0. The number of benzene rings is 1. The number of rotatable bonds is 13. The van der Waals surface area contributed by atoms with Gasteiger partial charge in [-0.05, 0) is 87.3 Å². The predicted molar refractivity (Wildman–Crippen MR) is 163 cm³/mol. The maximum atomic E-state index is 13.4. The van der Waals surface area contributed by atoms with E-state index >= 15 is 0 Å². The number of ether oxygens (including phenoxy) is 1. The van der Waals surface area contributed by atoms with Crippen molar-refractivity contribution in [3.63, 3.8) is 0 Å². The van der Waals surface area contributed by atoms with Crippen molar-refractivity contribution in [3.05, 3.63) is 83.8 Å². The molecule has 0 saturated heterocycles. The number of aromatic nitrogens is 2. The molecule has 230 valence electrons. The second kappa shape index (κ2) is 13.2. The van der Waals surface area contributed by atoms with Crippen LogP contribution in [0.5, 0.6) is 0 Å². The van der Waals surface area contributed by atoms with E-state index in [9.17, 15) is 23.1 Å². The first kappa shape index (κ1) is 32.1. The molecule has 2 N–H and O–H groups in total. The molecule has 3 aromatic rings.